The molecule has 0 aromatic carbocycles. The van der Waals surface area contributed by atoms with E-state index >= 15 is 0 Å². The summed E-state index contributed by atoms with van der Waals surface area (Å²) in [6.07, 6.45) is 0.574. The maximum atomic E-state index is 14.3. The van der Waals surface area contributed by atoms with Crippen LogP contribution in [-0.2, 0) is 14.4 Å². The van der Waals surface area contributed by atoms with Crippen molar-refractivity contribution in [2.75, 3.05) is 13.1 Å². The van der Waals surface area contributed by atoms with Crippen LogP contribution in [0.3, 0.4) is 0 Å². The summed E-state index contributed by atoms with van der Waals surface area (Å²) >= 11 is 0. The van der Waals surface area contributed by atoms with Crippen LogP contribution in [0.5, 0.6) is 0 Å². The Balaban J connectivity index is 1.81. The standard InChI is InChI=1S/C33H51NO7/c1-9-34-16-19(21(35)12-17(2)29(40)41)18(3)20-13-26(39)33(8)28-22(36)14-24-30(4,5)25(38)10-11-31(24,6)27(28)23(37)15-32(20,33)7/h12,18-22,24,26,34-36,39H,9-11,13-16H2,1-8H3,(H,40,41). The fourth-order valence-corrected chi connectivity index (χ4v) is 9.80. The number of aliphatic hydroxyl groups excluding tert-OH is 3. The van der Waals surface area contributed by atoms with Gasteiger partial charge in [-0.25, -0.2) is 4.79 Å². The van der Waals surface area contributed by atoms with Crippen LogP contribution in [0.1, 0.15) is 87.5 Å². The van der Waals surface area contributed by atoms with Crippen LogP contribution in [0, 0.1) is 45.3 Å². The summed E-state index contributed by atoms with van der Waals surface area (Å²) in [6.45, 7) is 16.6. The van der Waals surface area contributed by atoms with Crippen LogP contribution in [-0.4, -0.2) is 69.4 Å². The minimum absolute atomic E-state index is 0.00641. The normalized spacial score (nSPS) is 40.9. The molecule has 0 bridgehead atoms. The Bertz CT molecular complexity index is 1170. The summed E-state index contributed by atoms with van der Waals surface area (Å²) < 4.78 is 0. The van der Waals surface area contributed by atoms with Crippen LogP contribution < -0.4 is 5.32 Å². The molecule has 4 aliphatic rings. The molecular weight excluding hydrogens is 522 g/mol. The molecule has 4 aliphatic carbocycles. The summed E-state index contributed by atoms with van der Waals surface area (Å²) in [6, 6.07) is 0. The number of hydrogen-bond acceptors (Lipinski definition) is 7. The Hall–Kier alpha value is -1.87. The Morgan fingerprint density at radius 3 is 2.34 bits per heavy atom. The molecule has 10 unspecified atom stereocenters. The lowest BCUT2D eigenvalue weighted by atomic mass is 9.42. The van der Waals surface area contributed by atoms with Crippen molar-refractivity contribution in [1.82, 2.24) is 5.32 Å². The quantitative estimate of drug-likeness (QED) is 0.277. The van der Waals surface area contributed by atoms with E-state index in [2.05, 4.69) is 19.2 Å². The molecule has 0 aromatic heterocycles. The minimum atomic E-state index is -1.09. The van der Waals surface area contributed by atoms with Gasteiger partial charge in [-0.1, -0.05) is 48.5 Å². The molecule has 5 N–H and O–H groups in total. The van der Waals surface area contributed by atoms with Gasteiger partial charge in [-0.2, -0.15) is 0 Å². The number of aliphatic carboxylic acids is 1. The third-order valence-electron chi connectivity index (χ3n) is 12.5. The largest absolute Gasteiger partial charge is 0.478 e. The van der Waals surface area contributed by atoms with E-state index in [0.717, 1.165) is 0 Å². The highest BCUT2D eigenvalue weighted by Crippen LogP contribution is 2.71. The number of carbonyl (C=O) groups is 3. The maximum Gasteiger partial charge on any atom is 0.331 e. The second-order valence-corrected chi connectivity index (χ2v) is 14.7. The molecule has 0 heterocycles. The number of hydrogen-bond donors (Lipinski definition) is 5. The molecule has 0 aromatic rings. The third kappa shape index (κ3) is 4.59. The molecule has 0 spiro atoms. The second kappa shape index (κ2) is 10.7. The number of nitrogens with one attached hydrogen (secondary N) is 1. The zero-order chi connectivity index (χ0) is 30.9. The molecule has 0 aliphatic heterocycles. The van der Waals surface area contributed by atoms with Gasteiger partial charge in [0.1, 0.15) is 5.78 Å². The van der Waals surface area contributed by atoms with Gasteiger partial charge >= 0.3 is 5.97 Å². The first-order valence-corrected chi connectivity index (χ1v) is 15.4. The van der Waals surface area contributed by atoms with Crippen molar-refractivity contribution in [2.45, 2.75) is 106 Å². The first-order valence-electron chi connectivity index (χ1n) is 15.4. The molecule has 8 heteroatoms. The molecule has 0 saturated heterocycles. The van der Waals surface area contributed by atoms with Crippen molar-refractivity contribution in [2.24, 2.45) is 45.3 Å². The molecular formula is C33H51NO7. The summed E-state index contributed by atoms with van der Waals surface area (Å²) in [5.74, 6) is -1.78. The van der Waals surface area contributed by atoms with E-state index < -0.39 is 45.9 Å². The van der Waals surface area contributed by atoms with Gasteiger partial charge in [-0.05, 0) is 67.5 Å². The molecule has 8 nitrogen and oxygen atoms in total. The van der Waals surface area contributed by atoms with E-state index in [0.29, 0.717) is 49.9 Å². The van der Waals surface area contributed by atoms with Crippen molar-refractivity contribution in [3.63, 3.8) is 0 Å². The molecule has 0 radical (unpaired) electrons. The first-order chi connectivity index (χ1) is 18.9. The monoisotopic (exact) mass is 573 g/mol. The predicted molar refractivity (Wildman–Crippen MR) is 156 cm³/mol. The Kier molecular flexibility index (Phi) is 8.36. The van der Waals surface area contributed by atoms with Gasteiger partial charge in [-0.3, -0.25) is 9.59 Å². The SMILES string of the molecule is CCNCC(C(O)C=C(C)C(=O)O)C(C)C1CC(O)C2(C)C3=C(C(=O)CC12C)C1(C)CCC(=O)C(C)(C)C1CC3O. The van der Waals surface area contributed by atoms with Crippen LogP contribution in [0.4, 0.5) is 0 Å². The van der Waals surface area contributed by atoms with Gasteiger partial charge in [0, 0.05) is 52.7 Å². The van der Waals surface area contributed by atoms with Crippen LogP contribution in [0.15, 0.2) is 22.8 Å². The van der Waals surface area contributed by atoms with Crippen LogP contribution in [0.25, 0.3) is 0 Å². The molecule has 230 valence electrons. The topological polar surface area (TPSA) is 144 Å². The number of Topliss-reactive ketones (excluding diaryl/α,β-unsaturated/α-hetero) is 2. The highest BCUT2D eigenvalue weighted by Gasteiger charge is 2.70. The number of aliphatic hydroxyl groups is 3. The number of fused-ring (bicyclic) bond motifs is 4. The number of carboxylic acids is 1. The number of rotatable bonds is 8. The maximum absolute atomic E-state index is 14.3. The van der Waals surface area contributed by atoms with Crippen molar-refractivity contribution in [3.05, 3.63) is 22.8 Å². The van der Waals surface area contributed by atoms with Gasteiger partial charge in [0.15, 0.2) is 5.78 Å². The van der Waals surface area contributed by atoms with Gasteiger partial charge in [0.25, 0.3) is 0 Å². The molecule has 0 amide bonds. The number of carbonyl (C=O) groups excluding carboxylic acids is 2. The van der Waals surface area contributed by atoms with Crippen molar-refractivity contribution < 1.29 is 34.8 Å². The van der Waals surface area contributed by atoms with Crippen molar-refractivity contribution in [1.29, 1.82) is 0 Å². The smallest absolute Gasteiger partial charge is 0.331 e. The van der Waals surface area contributed by atoms with Gasteiger partial charge < -0.3 is 25.7 Å². The summed E-state index contributed by atoms with van der Waals surface area (Å²) in [4.78, 5) is 38.8. The highest BCUT2D eigenvalue weighted by molar-refractivity contribution is 6.01. The van der Waals surface area contributed by atoms with Gasteiger partial charge in [-0.15, -0.1) is 0 Å². The van der Waals surface area contributed by atoms with Crippen LogP contribution >= 0.6 is 0 Å². The van der Waals surface area contributed by atoms with E-state index in [1.807, 2.05) is 34.6 Å². The van der Waals surface area contributed by atoms with Crippen LogP contribution in [0.2, 0.25) is 0 Å². The fourth-order valence-electron chi connectivity index (χ4n) is 9.80. The second-order valence-electron chi connectivity index (χ2n) is 14.7. The zero-order valence-electron chi connectivity index (χ0n) is 26.1. The van der Waals surface area contributed by atoms with E-state index in [1.54, 1.807) is 0 Å². The predicted octanol–water partition coefficient (Wildman–Crippen LogP) is 3.68. The summed E-state index contributed by atoms with van der Waals surface area (Å²) in [7, 11) is 0. The Labute approximate surface area is 244 Å². The lowest BCUT2D eigenvalue weighted by Crippen LogP contribution is -2.60. The highest BCUT2D eigenvalue weighted by atomic mass is 16.4. The van der Waals surface area contributed by atoms with Crippen molar-refractivity contribution in [3.8, 4) is 0 Å². The molecule has 2 fully saturated rings. The zero-order valence-corrected chi connectivity index (χ0v) is 26.1. The average molecular weight is 574 g/mol. The first kappa shape index (κ1) is 32.1. The third-order valence-corrected chi connectivity index (χ3v) is 12.5. The lowest BCUT2D eigenvalue weighted by molar-refractivity contribution is -0.146. The van der Waals surface area contributed by atoms with E-state index in [4.69, 9.17) is 0 Å². The van der Waals surface area contributed by atoms with Gasteiger partial charge in [0.05, 0.1) is 18.3 Å². The number of allylic oxidation sites excluding steroid dienone is 1. The Morgan fingerprint density at radius 2 is 1.76 bits per heavy atom. The van der Waals surface area contributed by atoms with E-state index in [-0.39, 0.29) is 47.2 Å². The lowest BCUT2D eigenvalue weighted by Gasteiger charge is -2.61. The summed E-state index contributed by atoms with van der Waals surface area (Å²) in [5.41, 5.74) is -1.41. The Morgan fingerprint density at radius 1 is 1.12 bits per heavy atom. The fraction of sp³-hybridized carbons (Fsp3) is 0.788. The summed E-state index contributed by atoms with van der Waals surface area (Å²) in [5, 5.41) is 47.6. The molecule has 2 saturated carbocycles. The average Bonchev–Trinajstić information content (AvgIpc) is 3.08. The minimum Gasteiger partial charge on any atom is -0.478 e. The van der Waals surface area contributed by atoms with Gasteiger partial charge in [0.2, 0.25) is 0 Å². The van der Waals surface area contributed by atoms with Crippen molar-refractivity contribution >= 4 is 17.5 Å². The van der Waals surface area contributed by atoms with E-state index in [9.17, 15) is 34.8 Å². The molecule has 4 rings (SSSR count). The number of carboxylic acid groups (broad SMARTS) is 1. The molecule has 10 atom stereocenters. The number of ketones is 2. The van der Waals surface area contributed by atoms with E-state index in [1.165, 1.54) is 13.0 Å². The molecule has 41 heavy (non-hydrogen) atoms.